The van der Waals surface area contributed by atoms with E-state index < -0.39 is 17.8 Å². The van der Waals surface area contributed by atoms with Crippen LogP contribution >= 0.6 is 11.8 Å². The zero-order valence-electron chi connectivity index (χ0n) is 15.2. The van der Waals surface area contributed by atoms with Gasteiger partial charge in [-0.3, -0.25) is 14.6 Å². The number of carbonyl (C=O) groups excluding carboxylic acids is 1. The third-order valence-electron chi connectivity index (χ3n) is 4.09. The zero-order valence-corrected chi connectivity index (χ0v) is 16.0. The van der Waals surface area contributed by atoms with Crippen LogP contribution in [0, 0.1) is 5.82 Å². The quantitative estimate of drug-likeness (QED) is 0.638. The number of hydrogen-bond acceptors (Lipinski definition) is 5. The summed E-state index contributed by atoms with van der Waals surface area (Å²) in [5, 5.41) is 2.81. The minimum atomic E-state index is -0.599. The van der Waals surface area contributed by atoms with E-state index in [1.165, 1.54) is 24.3 Å². The first-order valence-electron chi connectivity index (χ1n) is 8.64. The van der Waals surface area contributed by atoms with E-state index in [4.69, 9.17) is 0 Å². The maximum atomic E-state index is 14.0. The van der Waals surface area contributed by atoms with Gasteiger partial charge in [0, 0.05) is 24.0 Å². The van der Waals surface area contributed by atoms with Gasteiger partial charge in [0.05, 0.1) is 17.3 Å². The maximum absolute atomic E-state index is 14.0. The normalized spacial score (nSPS) is 11.8. The number of thioether (sulfide) groups is 1. The van der Waals surface area contributed by atoms with Crippen molar-refractivity contribution in [2.45, 2.75) is 12.5 Å². The average molecular weight is 398 g/mol. The van der Waals surface area contributed by atoms with Gasteiger partial charge in [-0.05, 0) is 42.7 Å². The summed E-state index contributed by atoms with van der Waals surface area (Å²) in [6.07, 6.45) is 5.71. The molecule has 0 unspecified atom stereocenters. The first-order chi connectivity index (χ1) is 13.6. The van der Waals surface area contributed by atoms with Gasteiger partial charge < -0.3 is 10.3 Å². The number of pyridine rings is 1. The number of benzene rings is 1. The number of H-pyrrole nitrogens is 1. The SMILES string of the molecule is CSCC[C@@H](NC(=O)c1ccccc1F)c1cc(=O)[nH]c(-c2cccnc2)n1. The molecule has 0 radical (unpaired) electrons. The Morgan fingerprint density at radius 2 is 2.11 bits per heavy atom. The molecule has 1 amide bonds. The van der Waals surface area contributed by atoms with Crippen molar-refractivity contribution >= 4 is 17.7 Å². The predicted octanol–water partition coefficient (Wildman–Crippen LogP) is 3.20. The van der Waals surface area contributed by atoms with Crippen LogP contribution in [0.2, 0.25) is 0 Å². The highest BCUT2D eigenvalue weighted by molar-refractivity contribution is 7.98. The van der Waals surface area contributed by atoms with E-state index in [1.54, 1.807) is 42.4 Å². The van der Waals surface area contributed by atoms with E-state index in [-0.39, 0.29) is 11.1 Å². The summed E-state index contributed by atoms with van der Waals surface area (Å²) in [5.74, 6) is -0.0449. The fraction of sp³-hybridized carbons (Fsp3) is 0.200. The Balaban J connectivity index is 1.93. The summed E-state index contributed by atoms with van der Waals surface area (Å²) in [6.45, 7) is 0. The Labute approximate surface area is 165 Å². The number of nitrogens with zero attached hydrogens (tertiary/aromatic N) is 2. The van der Waals surface area contributed by atoms with Crippen LogP contribution in [-0.4, -0.2) is 32.9 Å². The number of halogens is 1. The molecule has 3 aromatic rings. The molecule has 1 aromatic carbocycles. The lowest BCUT2D eigenvalue weighted by Crippen LogP contribution is -2.31. The van der Waals surface area contributed by atoms with Gasteiger partial charge in [-0.25, -0.2) is 9.37 Å². The highest BCUT2D eigenvalue weighted by atomic mass is 32.2. The number of nitrogens with one attached hydrogen (secondary N) is 2. The molecule has 0 aliphatic rings. The van der Waals surface area contributed by atoms with E-state index in [0.29, 0.717) is 23.5 Å². The van der Waals surface area contributed by atoms with Gasteiger partial charge in [-0.15, -0.1) is 0 Å². The van der Waals surface area contributed by atoms with E-state index in [1.807, 2.05) is 6.26 Å². The van der Waals surface area contributed by atoms with Gasteiger partial charge in [-0.2, -0.15) is 11.8 Å². The minimum Gasteiger partial charge on any atom is -0.344 e. The van der Waals surface area contributed by atoms with Crippen molar-refractivity contribution < 1.29 is 9.18 Å². The van der Waals surface area contributed by atoms with Crippen molar-refractivity contribution in [3.05, 3.63) is 82.3 Å². The van der Waals surface area contributed by atoms with Gasteiger partial charge >= 0.3 is 0 Å². The molecule has 3 rings (SSSR count). The number of rotatable bonds is 7. The highest BCUT2D eigenvalue weighted by Gasteiger charge is 2.20. The lowest BCUT2D eigenvalue weighted by atomic mass is 10.1. The zero-order chi connectivity index (χ0) is 19.9. The van der Waals surface area contributed by atoms with Crippen LogP contribution in [-0.2, 0) is 0 Å². The molecule has 28 heavy (non-hydrogen) atoms. The van der Waals surface area contributed by atoms with Crippen LogP contribution in [0.4, 0.5) is 4.39 Å². The summed E-state index contributed by atoms with van der Waals surface area (Å²) in [5.41, 5.74) is 0.693. The van der Waals surface area contributed by atoms with E-state index in [0.717, 1.165) is 5.75 Å². The standard InChI is InChI=1S/C20H19FN4O2S/c1-28-10-8-16(24-20(27)14-6-2-3-7-15(14)21)17-11-18(26)25-19(23-17)13-5-4-9-22-12-13/h2-7,9,11-12,16H,8,10H2,1H3,(H,24,27)(H,23,25,26)/t16-/m1/s1. The minimum absolute atomic E-state index is 0.0472. The molecule has 0 spiro atoms. The van der Waals surface area contributed by atoms with Crippen molar-refractivity contribution in [1.29, 1.82) is 0 Å². The lowest BCUT2D eigenvalue weighted by Gasteiger charge is -2.19. The van der Waals surface area contributed by atoms with Gasteiger partial charge in [0.2, 0.25) is 0 Å². The largest absolute Gasteiger partial charge is 0.344 e. The summed E-state index contributed by atoms with van der Waals surface area (Å²) in [7, 11) is 0. The lowest BCUT2D eigenvalue weighted by molar-refractivity contribution is 0.0931. The average Bonchev–Trinajstić information content (AvgIpc) is 2.71. The van der Waals surface area contributed by atoms with Crippen LogP contribution in [0.5, 0.6) is 0 Å². The second-order valence-electron chi connectivity index (χ2n) is 6.05. The highest BCUT2D eigenvalue weighted by Crippen LogP contribution is 2.20. The Hall–Kier alpha value is -3.00. The molecule has 2 heterocycles. The summed E-state index contributed by atoms with van der Waals surface area (Å²) in [6, 6.07) is 10.1. The molecule has 0 fully saturated rings. The number of hydrogen-bond donors (Lipinski definition) is 2. The molecule has 6 nitrogen and oxygen atoms in total. The molecule has 2 aromatic heterocycles. The van der Waals surface area contributed by atoms with E-state index in [9.17, 15) is 14.0 Å². The fourth-order valence-corrected chi connectivity index (χ4v) is 3.18. The molecular formula is C20H19FN4O2S. The van der Waals surface area contributed by atoms with Crippen molar-refractivity contribution in [2.75, 3.05) is 12.0 Å². The molecule has 1 atom stereocenters. The molecule has 144 valence electrons. The van der Waals surface area contributed by atoms with Crippen molar-refractivity contribution in [1.82, 2.24) is 20.3 Å². The molecule has 0 saturated carbocycles. The van der Waals surface area contributed by atoms with Crippen LogP contribution in [0.3, 0.4) is 0 Å². The molecule has 0 aliphatic heterocycles. The van der Waals surface area contributed by atoms with Crippen LogP contribution < -0.4 is 10.9 Å². The molecule has 0 aliphatic carbocycles. The molecule has 8 heteroatoms. The second kappa shape index (κ2) is 9.27. The van der Waals surface area contributed by atoms with E-state index >= 15 is 0 Å². The van der Waals surface area contributed by atoms with Gasteiger partial charge in [-0.1, -0.05) is 12.1 Å². The second-order valence-corrected chi connectivity index (χ2v) is 7.03. The van der Waals surface area contributed by atoms with Crippen molar-refractivity contribution in [3.8, 4) is 11.4 Å². The third kappa shape index (κ3) is 4.83. The Morgan fingerprint density at radius 3 is 2.82 bits per heavy atom. The summed E-state index contributed by atoms with van der Waals surface area (Å²) >= 11 is 1.61. The predicted molar refractivity (Wildman–Crippen MR) is 108 cm³/mol. The summed E-state index contributed by atoms with van der Waals surface area (Å²) < 4.78 is 14.0. The van der Waals surface area contributed by atoms with Crippen molar-refractivity contribution in [3.63, 3.8) is 0 Å². The first kappa shape index (κ1) is 19.8. The monoisotopic (exact) mass is 398 g/mol. The Kier molecular flexibility index (Phi) is 6.54. The number of carbonyl (C=O) groups is 1. The number of amides is 1. The molecule has 0 bridgehead atoms. The van der Waals surface area contributed by atoms with Crippen LogP contribution in [0.25, 0.3) is 11.4 Å². The van der Waals surface area contributed by atoms with Crippen LogP contribution in [0.1, 0.15) is 28.5 Å². The summed E-state index contributed by atoms with van der Waals surface area (Å²) in [4.78, 5) is 36.0. The van der Waals surface area contributed by atoms with Gasteiger partial charge in [0.15, 0.2) is 0 Å². The molecule has 2 N–H and O–H groups in total. The maximum Gasteiger partial charge on any atom is 0.254 e. The molecule has 0 saturated heterocycles. The number of aromatic amines is 1. The number of aromatic nitrogens is 3. The Morgan fingerprint density at radius 1 is 1.29 bits per heavy atom. The smallest absolute Gasteiger partial charge is 0.254 e. The van der Waals surface area contributed by atoms with Gasteiger partial charge in [0.25, 0.3) is 11.5 Å². The van der Waals surface area contributed by atoms with Crippen molar-refractivity contribution in [2.24, 2.45) is 0 Å². The topological polar surface area (TPSA) is 87.7 Å². The first-order valence-corrected chi connectivity index (χ1v) is 10.0. The van der Waals surface area contributed by atoms with E-state index in [2.05, 4.69) is 20.3 Å². The Bertz CT molecular complexity index is 1010. The third-order valence-corrected chi connectivity index (χ3v) is 4.73. The van der Waals surface area contributed by atoms with Crippen LogP contribution in [0.15, 0.2) is 59.7 Å². The van der Waals surface area contributed by atoms with Gasteiger partial charge in [0.1, 0.15) is 11.6 Å². The fourth-order valence-electron chi connectivity index (χ4n) is 2.71. The molecular weight excluding hydrogens is 379 g/mol.